The van der Waals surface area contributed by atoms with Crippen LogP contribution in [0.1, 0.15) is 16.7 Å². The highest BCUT2D eigenvalue weighted by molar-refractivity contribution is 7.86. The van der Waals surface area contributed by atoms with Crippen LogP contribution in [0.5, 0.6) is 0 Å². The van der Waals surface area contributed by atoms with Crippen LogP contribution in [0.15, 0.2) is 146 Å². The Morgan fingerprint density at radius 3 is 1.33 bits per heavy atom. The summed E-state index contributed by atoms with van der Waals surface area (Å²) in [6, 6.07) is 54.2. The van der Waals surface area contributed by atoms with E-state index in [0.29, 0.717) is 16.7 Å². The number of fused-ring (bicyclic) bond motifs is 9. The molecular weight excluding hydrogens is 658 g/mol. The Bertz CT molecular complexity index is 3130. The summed E-state index contributed by atoms with van der Waals surface area (Å²) in [5, 5.41) is 35.3. The molecule has 1 unspecified atom stereocenters. The molecule has 1 aliphatic rings. The van der Waals surface area contributed by atoms with Crippen LogP contribution < -0.4 is 15.9 Å². The quantitative estimate of drug-likeness (QED) is 0.174. The predicted octanol–water partition coefficient (Wildman–Crippen LogP) is 9.12. The van der Waals surface area contributed by atoms with Gasteiger partial charge in [-0.25, -0.2) is 0 Å². The van der Waals surface area contributed by atoms with E-state index in [1.54, 1.807) is 0 Å². The summed E-state index contributed by atoms with van der Waals surface area (Å²) in [7, 11) is -3.25. The van der Waals surface area contributed by atoms with Gasteiger partial charge in [0.1, 0.15) is 0 Å². The molecule has 0 aliphatic carbocycles. The van der Waals surface area contributed by atoms with Crippen LogP contribution >= 0.6 is 7.14 Å². The lowest BCUT2D eigenvalue weighted by molar-refractivity contribution is 0.593. The third-order valence-electron chi connectivity index (χ3n) is 10.4. The Hall–Kier alpha value is -7.16. The Balaban J connectivity index is 1.26. The lowest BCUT2D eigenvalue weighted by Gasteiger charge is -2.17. The van der Waals surface area contributed by atoms with E-state index in [9.17, 15) is 15.8 Å². The molecule has 2 aromatic heterocycles. The van der Waals surface area contributed by atoms with Gasteiger partial charge < -0.3 is 13.7 Å². The molecule has 0 radical (unpaired) electrons. The zero-order valence-corrected chi connectivity index (χ0v) is 28.3. The summed E-state index contributed by atoms with van der Waals surface area (Å²) >= 11 is 0. The molecule has 1 aliphatic heterocycles. The van der Waals surface area contributed by atoms with Crippen molar-refractivity contribution in [2.75, 3.05) is 0 Å². The SMILES string of the molecule is N#Cc1ccc2c(c1)c1ccccc1n2-c1ccc2c(c1)-c1cc(-n3c4ccc(C#N)cc4c4cc(C#N)ccc43)ccc1P2(=O)c1ccccc1. The first-order valence-corrected chi connectivity index (χ1v) is 18.5. The molecule has 0 spiro atoms. The van der Waals surface area contributed by atoms with Gasteiger partial charge in [-0.1, -0.05) is 48.5 Å². The fourth-order valence-corrected chi connectivity index (χ4v) is 11.1. The Labute approximate surface area is 298 Å². The summed E-state index contributed by atoms with van der Waals surface area (Å²) < 4.78 is 20.0. The van der Waals surface area contributed by atoms with E-state index in [0.717, 1.165) is 82.0 Å². The first-order valence-electron chi connectivity index (χ1n) is 16.8. The van der Waals surface area contributed by atoms with Crippen molar-refractivity contribution in [3.8, 4) is 40.7 Å². The number of hydrogen-bond donors (Lipinski definition) is 0. The lowest BCUT2D eigenvalue weighted by atomic mass is 10.0. The van der Waals surface area contributed by atoms with E-state index in [2.05, 4.69) is 57.7 Å². The number of benzene rings is 7. The normalized spacial score (nSPS) is 14.6. The second-order valence-electron chi connectivity index (χ2n) is 13.1. The fraction of sp³-hybridized carbons (Fsp3) is 0. The van der Waals surface area contributed by atoms with Crippen molar-refractivity contribution < 1.29 is 4.57 Å². The highest BCUT2D eigenvalue weighted by Crippen LogP contribution is 2.53. The summed E-state index contributed by atoms with van der Waals surface area (Å²) in [4.78, 5) is 0. The summed E-state index contributed by atoms with van der Waals surface area (Å²) in [5.74, 6) is 0. The smallest absolute Gasteiger partial charge is 0.172 e. The van der Waals surface area contributed by atoms with Crippen molar-refractivity contribution in [3.63, 3.8) is 0 Å². The van der Waals surface area contributed by atoms with Crippen LogP contribution in [-0.2, 0) is 4.57 Å². The van der Waals surface area contributed by atoms with Crippen molar-refractivity contribution in [2.24, 2.45) is 0 Å². The molecule has 0 saturated heterocycles. The Kier molecular flexibility index (Phi) is 6.24. The van der Waals surface area contributed by atoms with E-state index in [1.807, 2.05) is 115 Å². The van der Waals surface area contributed by atoms with Crippen LogP contribution in [0, 0.1) is 34.0 Å². The Morgan fingerprint density at radius 2 is 0.846 bits per heavy atom. The number of nitrogens with zero attached hydrogens (tertiary/aromatic N) is 5. The second-order valence-corrected chi connectivity index (χ2v) is 15.8. The summed E-state index contributed by atoms with van der Waals surface area (Å²) in [6.07, 6.45) is 0. The van der Waals surface area contributed by atoms with Crippen molar-refractivity contribution in [1.82, 2.24) is 9.13 Å². The van der Waals surface area contributed by atoms with Gasteiger partial charge in [0.05, 0.1) is 57.0 Å². The molecule has 0 fully saturated rings. The first kappa shape index (κ1) is 29.7. The third-order valence-corrected chi connectivity index (χ3v) is 13.6. The molecule has 0 bridgehead atoms. The minimum atomic E-state index is -3.25. The van der Waals surface area contributed by atoms with E-state index in [4.69, 9.17) is 0 Å². The topological polar surface area (TPSA) is 98.3 Å². The van der Waals surface area contributed by atoms with E-state index < -0.39 is 7.14 Å². The monoisotopic (exact) mass is 681 g/mol. The van der Waals surface area contributed by atoms with Crippen LogP contribution in [-0.4, -0.2) is 9.13 Å². The van der Waals surface area contributed by atoms with E-state index in [1.165, 1.54) is 0 Å². The average Bonchev–Trinajstić information content (AvgIpc) is 3.80. The number of hydrogen-bond acceptors (Lipinski definition) is 4. The van der Waals surface area contributed by atoms with Gasteiger partial charge >= 0.3 is 0 Å². The molecule has 6 nitrogen and oxygen atoms in total. The maximum absolute atomic E-state index is 15.6. The maximum atomic E-state index is 15.6. The van der Waals surface area contributed by atoms with Gasteiger partial charge in [-0.2, -0.15) is 15.8 Å². The summed E-state index contributed by atoms with van der Waals surface area (Å²) in [6.45, 7) is 0. The van der Waals surface area contributed by atoms with Gasteiger partial charge in [0.2, 0.25) is 0 Å². The first-order chi connectivity index (χ1) is 25.5. The van der Waals surface area contributed by atoms with Crippen molar-refractivity contribution in [1.29, 1.82) is 15.8 Å². The largest absolute Gasteiger partial charge is 0.309 e. The van der Waals surface area contributed by atoms with Crippen LogP contribution in [0.3, 0.4) is 0 Å². The number of nitriles is 3. The molecule has 240 valence electrons. The van der Waals surface area contributed by atoms with Gasteiger partial charge in [-0.15, -0.1) is 0 Å². The highest BCUT2D eigenvalue weighted by atomic mass is 31.2. The molecule has 9 aromatic rings. The number of rotatable bonds is 3. The van der Waals surface area contributed by atoms with Gasteiger partial charge in [0.15, 0.2) is 7.14 Å². The number of para-hydroxylation sites is 1. The summed E-state index contributed by atoms with van der Waals surface area (Å²) in [5.41, 5.74) is 9.11. The number of aromatic nitrogens is 2. The molecule has 3 heterocycles. The van der Waals surface area contributed by atoms with E-state index in [-0.39, 0.29) is 0 Å². The van der Waals surface area contributed by atoms with E-state index >= 15 is 4.57 Å². The maximum Gasteiger partial charge on any atom is 0.172 e. The minimum Gasteiger partial charge on any atom is -0.309 e. The van der Waals surface area contributed by atoms with Gasteiger partial charge in [0, 0.05) is 48.8 Å². The molecule has 52 heavy (non-hydrogen) atoms. The molecule has 7 aromatic carbocycles. The van der Waals surface area contributed by atoms with Crippen molar-refractivity contribution in [2.45, 2.75) is 0 Å². The second kappa shape index (κ2) is 10.9. The third kappa shape index (κ3) is 4.01. The molecule has 0 amide bonds. The molecular formula is C45H24N5OP. The standard InChI is InChI=1S/C45H24N5OP/c46-25-28-10-15-41-35(20-28)34-8-4-5-9-40(34)49(41)31-13-18-44-38(23-31)39-24-32(14-19-45(39)52(44,51)33-6-2-1-3-7-33)50-42-16-11-29(26-47)21-36(42)37-22-30(27-48)12-17-43(37)50/h1-24H. The van der Waals surface area contributed by atoms with Crippen molar-refractivity contribution in [3.05, 3.63) is 162 Å². The van der Waals surface area contributed by atoms with Gasteiger partial charge in [-0.3, -0.25) is 0 Å². The molecule has 1 atom stereocenters. The predicted molar refractivity (Wildman–Crippen MR) is 208 cm³/mol. The van der Waals surface area contributed by atoms with Crippen LogP contribution in [0.4, 0.5) is 0 Å². The van der Waals surface area contributed by atoms with Gasteiger partial charge in [0.25, 0.3) is 0 Å². The molecule has 10 rings (SSSR count). The zero-order chi connectivity index (χ0) is 35.1. The molecule has 7 heteroatoms. The minimum absolute atomic E-state index is 0.544. The van der Waals surface area contributed by atoms with Crippen LogP contribution in [0.2, 0.25) is 0 Å². The van der Waals surface area contributed by atoms with Crippen molar-refractivity contribution >= 4 is 66.7 Å². The lowest BCUT2D eigenvalue weighted by Crippen LogP contribution is -2.20. The highest BCUT2D eigenvalue weighted by Gasteiger charge is 2.40. The average molecular weight is 682 g/mol. The zero-order valence-electron chi connectivity index (χ0n) is 27.4. The molecule has 0 saturated carbocycles. The van der Waals surface area contributed by atoms with Crippen LogP contribution in [0.25, 0.3) is 66.1 Å². The Morgan fingerprint density at radius 1 is 0.423 bits per heavy atom. The fourth-order valence-electron chi connectivity index (χ4n) is 8.11. The molecule has 0 N–H and O–H groups in total. The van der Waals surface area contributed by atoms with Gasteiger partial charge in [-0.05, 0) is 108 Å².